The van der Waals surface area contributed by atoms with E-state index in [0.29, 0.717) is 5.56 Å². The van der Waals surface area contributed by atoms with Gasteiger partial charge in [0.15, 0.2) is 0 Å². The molecule has 0 aliphatic heterocycles. The molecule has 0 saturated heterocycles. The molecule has 3 heterocycles. The molecule has 0 bridgehead atoms. The number of pyridine rings is 1. The smallest absolute Gasteiger partial charge is 0.248 e. The fraction of sp³-hybridized carbons (Fsp3) is 0.0833. The van der Waals surface area contributed by atoms with Crippen LogP contribution in [0, 0.1) is 6.92 Å². The lowest BCUT2D eigenvalue weighted by atomic mass is 9.99. The van der Waals surface area contributed by atoms with Gasteiger partial charge in [0.2, 0.25) is 5.91 Å². The Bertz CT molecular complexity index is 1450. The second-order valence-corrected chi connectivity index (χ2v) is 7.49. The summed E-state index contributed by atoms with van der Waals surface area (Å²) < 4.78 is 3.77. The van der Waals surface area contributed by atoms with Crippen LogP contribution in [0.25, 0.3) is 39.0 Å². The normalized spacial score (nSPS) is 11.2. The highest BCUT2D eigenvalue weighted by Gasteiger charge is 2.13. The van der Waals surface area contributed by atoms with Crippen molar-refractivity contribution in [1.82, 2.24) is 24.3 Å². The molecule has 0 atom stereocenters. The largest absolute Gasteiger partial charge is 0.366 e. The van der Waals surface area contributed by atoms with Gasteiger partial charge in [-0.15, -0.1) is 0 Å². The van der Waals surface area contributed by atoms with Crippen LogP contribution in [0.1, 0.15) is 15.9 Å². The number of carbonyl (C=O) groups is 1. The molecule has 0 saturated carbocycles. The van der Waals surface area contributed by atoms with Crippen molar-refractivity contribution < 1.29 is 4.79 Å². The Balaban J connectivity index is 1.63. The van der Waals surface area contributed by atoms with E-state index in [-0.39, 0.29) is 0 Å². The van der Waals surface area contributed by atoms with Gasteiger partial charge < -0.3 is 10.3 Å². The quantitative estimate of drug-likeness (QED) is 0.488. The van der Waals surface area contributed by atoms with E-state index in [1.165, 1.54) is 0 Å². The first-order valence-electron chi connectivity index (χ1n) is 9.83. The lowest BCUT2D eigenvalue weighted by Crippen LogP contribution is -2.12. The molecule has 0 unspecified atom stereocenters. The van der Waals surface area contributed by atoms with Crippen molar-refractivity contribution in [2.75, 3.05) is 0 Å². The van der Waals surface area contributed by atoms with Gasteiger partial charge in [0, 0.05) is 53.1 Å². The van der Waals surface area contributed by atoms with Gasteiger partial charge in [0.05, 0.1) is 29.6 Å². The molecule has 1 amide bonds. The van der Waals surface area contributed by atoms with Gasteiger partial charge in [-0.2, -0.15) is 5.10 Å². The zero-order chi connectivity index (χ0) is 21.5. The van der Waals surface area contributed by atoms with E-state index < -0.39 is 5.91 Å². The minimum atomic E-state index is -0.429. The van der Waals surface area contributed by atoms with E-state index >= 15 is 0 Å². The summed E-state index contributed by atoms with van der Waals surface area (Å²) in [6.45, 7) is 1.88. The van der Waals surface area contributed by atoms with Gasteiger partial charge in [-0.05, 0) is 36.8 Å². The molecule has 3 aromatic heterocycles. The highest BCUT2D eigenvalue weighted by atomic mass is 16.1. The van der Waals surface area contributed by atoms with Gasteiger partial charge in [0.25, 0.3) is 0 Å². The maximum Gasteiger partial charge on any atom is 0.248 e. The number of primary amides is 1. The highest BCUT2D eigenvalue weighted by Crippen LogP contribution is 2.31. The summed E-state index contributed by atoms with van der Waals surface area (Å²) in [7, 11) is 1.89. The molecular formula is C24H20N6O. The first kappa shape index (κ1) is 18.7. The maximum absolute atomic E-state index is 11.6. The molecule has 0 spiro atoms. The van der Waals surface area contributed by atoms with E-state index in [1.54, 1.807) is 23.1 Å². The number of aryl methyl sites for hydroxylation is 2. The Morgan fingerprint density at radius 1 is 1.00 bits per heavy atom. The summed E-state index contributed by atoms with van der Waals surface area (Å²) in [5.74, 6) is -0.429. The Kier molecular flexibility index (Phi) is 4.36. The predicted octanol–water partition coefficient (Wildman–Crippen LogP) is 3.90. The Labute approximate surface area is 178 Å². The van der Waals surface area contributed by atoms with Gasteiger partial charge in [0.1, 0.15) is 0 Å². The molecule has 2 aromatic carbocycles. The van der Waals surface area contributed by atoms with Crippen molar-refractivity contribution in [3.8, 4) is 28.2 Å². The lowest BCUT2D eigenvalue weighted by molar-refractivity contribution is 0.0999. The van der Waals surface area contributed by atoms with Crippen LogP contribution in [0.15, 0.2) is 73.6 Å². The summed E-state index contributed by atoms with van der Waals surface area (Å²) in [6.07, 6.45) is 9.35. The fourth-order valence-electron chi connectivity index (χ4n) is 3.89. The molecule has 5 rings (SSSR count). The number of benzene rings is 2. The van der Waals surface area contributed by atoms with Crippen LogP contribution in [-0.2, 0) is 7.05 Å². The highest BCUT2D eigenvalue weighted by molar-refractivity contribution is 6.00. The van der Waals surface area contributed by atoms with E-state index in [0.717, 1.165) is 44.5 Å². The maximum atomic E-state index is 11.6. The van der Waals surface area contributed by atoms with Gasteiger partial charge >= 0.3 is 0 Å². The summed E-state index contributed by atoms with van der Waals surface area (Å²) in [4.78, 5) is 20.8. The number of nitrogens with two attached hydrogens (primary N) is 1. The average molecular weight is 408 g/mol. The van der Waals surface area contributed by atoms with Crippen molar-refractivity contribution in [2.45, 2.75) is 6.92 Å². The third-order valence-electron chi connectivity index (χ3n) is 5.41. The van der Waals surface area contributed by atoms with Crippen LogP contribution in [0.4, 0.5) is 0 Å². The summed E-state index contributed by atoms with van der Waals surface area (Å²) >= 11 is 0. The average Bonchev–Trinajstić information content (AvgIpc) is 3.41. The SMILES string of the molecule is Cc1cc(-c2nccc3c(-n4cnc(-c5cnn(C)c5)c4)cccc23)ccc1C(N)=O. The van der Waals surface area contributed by atoms with Gasteiger partial charge in [-0.3, -0.25) is 14.5 Å². The molecular weight excluding hydrogens is 388 g/mol. The molecule has 0 aliphatic rings. The third kappa shape index (κ3) is 3.26. The first-order chi connectivity index (χ1) is 15.0. The van der Waals surface area contributed by atoms with Crippen LogP contribution >= 0.6 is 0 Å². The lowest BCUT2D eigenvalue weighted by Gasteiger charge is -2.12. The minimum Gasteiger partial charge on any atom is -0.366 e. The van der Waals surface area contributed by atoms with Crippen LogP contribution in [0.3, 0.4) is 0 Å². The van der Waals surface area contributed by atoms with E-state index in [2.05, 4.69) is 27.2 Å². The number of nitrogens with zero attached hydrogens (tertiary/aromatic N) is 5. The molecule has 0 fully saturated rings. The second-order valence-electron chi connectivity index (χ2n) is 7.49. The summed E-state index contributed by atoms with van der Waals surface area (Å²) in [6, 6.07) is 13.7. The van der Waals surface area contributed by atoms with Crippen molar-refractivity contribution in [3.05, 3.63) is 84.7 Å². The summed E-state index contributed by atoms with van der Waals surface area (Å²) in [5.41, 5.74) is 11.4. The zero-order valence-corrected chi connectivity index (χ0v) is 17.1. The zero-order valence-electron chi connectivity index (χ0n) is 17.1. The molecule has 31 heavy (non-hydrogen) atoms. The first-order valence-corrected chi connectivity index (χ1v) is 9.83. The summed E-state index contributed by atoms with van der Waals surface area (Å²) in [5, 5.41) is 6.30. The number of fused-ring (bicyclic) bond motifs is 1. The molecule has 7 nitrogen and oxygen atoms in total. The number of rotatable bonds is 4. The molecule has 0 aliphatic carbocycles. The fourth-order valence-corrected chi connectivity index (χ4v) is 3.89. The minimum absolute atomic E-state index is 0.429. The standard InChI is InChI=1S/C24H20N6O/c1-15-10-16(6-7-18(15)24(25)31)23-20-4-3-5-22(19(20)8-9-26-23)30-13-21(27-14-30)17-11-28-29(2)12-17/h3-14H,1-2H3,(H2,25,31). The van der Waals surface area contributed by atoms with Gasteiger partial charge in [-0.1, -0.05) is 18.2 Å². The van der Waals surface area contributed by atoms with E-state index in [1.807, 2.05) is 61.5 Å². The van der Waals surface area contributed by atoms with Crippen LogP contribution in [0.2, 0.25) is 0 Å². The monoisotopic (exact) mass is 408 g/mol. The topological polar surface area (TPSA) is 91.6 Å². The van der Waals surface area contributed by atoms with E-state index in [4.69, 9.17) is 5.73 Å². The van der Waals surface area contributed by atoms with Crippen molar-refractivity contribution in [2.24, 2.45) is 12.8 Å². The number of amides is 1. The molecule has 152 valence electrons. The van der Waals surface area contributed by atoms with Crippen molar-refractivity contribution in [1.29, 1.82) is 0 Å². The number of carbonyl (C=O) groups excluding carboxylic acids is 1. The Morgan fingerprint density at radius 2 is 1.87 bits per heavy atom. The van der Waals surface area contributed by atoms with Crippen LogP contribution in [0.5, 0.6) is 0 Å². The number of imidazole rings is 1. The Hall–Kier alpha value is -4.26. The molecule has 7 heteroatoms. The van der Waals surface area contributed by atoms with Crippen molar-refractivity contribution in [3.63, 3.8) is 0 Å². The molecule has 2 N–H and O–H groups in total. The molecule has 5 aromatic rings. The number of hydrogen-bond acceptors (Lipinski definition) is 4. The van der Waals surface area contributed by atoms with Crippen molar-refractivity contribution >= 4 is 16.7 Å². The van der Waals surface area contributed by atoms with Crippen LogP contribution in [-0.4, -0.2) is 30.2 Å². The van der Waals surface area contributed by atoms with Gasteiger partial charge in [-0.25, -0.2) is 4.98 Å². The molecule has 0 radical (unpaired) electrons. The van der Waals surface area contributed by atoms with E-state index in [9.17, 15) is 4.79 Å². The third-order valence-corrected chi connectivity index (χ3v) is 5.41. The number of aromatic nitrogens is 5. The predicted molar refractivity (Wildman–Crippen MR) is 120 cm³/mol. The Morgan fingerprint density at radius 3 is 2.61 bits per heavy atom. The number of hydrogen-bond donors (Lipinski definition) is 1. The second kappa shape index (κ2) is 7.21. The van der Waals surface area contributed by atoms with Crippen LogP contribution < -0.4 is 5.73 Å².